The number of nitrogens with zero attached hydrogens (tertiary/aromatic N) is 2. The third-order valence-corrected chi connectivity index (χ3v) is 6.80. The zero-order chi connectivity index (χ0) is 16.0. The Morgan fingerprint density at radius 2 is 2.30 bits per heavy atom. The van der Waals surface area contributed by atoms with Crippen LogP contribution in [0.4, 0.5) is 0 Å². The van der Waals surface area contributed by atoms with Gasteiger partial charge in [0.1, 0.15) is 4.83 Å². The maximum absolute atomic E-state index is 13.2. The Kier molecular flexibility index (Phi) is 4.24. The van der Waals surface area contributed by atoms with Gasteiger partial charge < -0.3 is 4.74 Å². The Hall–Kier alpha value is -0.850. The monoisotopic (exact) mass is 350 g/mol. The number of fused-ring (bicyclic) bond motifs is 3. The molecule has 1 fully saturated rings. The lowest BCUT2D eigenvalue weighted by Gasteiger charge is -2.18. The molecule has 4 rings (SSSR count). The summed E-state index contributed by atoms with van der Waals surface area (Å²) in [5.41, 5.74) is 1.41. The molecule has 0 bridgehead atoms. The van der Waals surface area contributed by atoms with Gasteiger partial charge in [0.25, 0.3) is 5.56 Å². The van der Waals surface area contributed by atoms with Gasteiger partial charge in [0.05, 0.1) is 18.0 Å². The van der Waals surface area contributed by atoms with Crippen LogP contribution in [0, 0.1) is 5.92 Å². The van der Waals surface area contributed by atoms with E-state index in [1.807, 2.05) is 10.8 Å². The highest BCUT2D eigenvalue weighted by atomic mass is 32.2. The molecule has 0 radical (unpaired) electrons. The minimum absolute atomic E-state index is 0.141. The van der Waals surface area contributed by atoms with Crippen molar-refractivity contribution in [2.75, 3.05) is 12.9 Å². The number of aryl methyl sites for hydroxylation is 1. The Labute approximate surface area is 144 Å². The number of rotatable bonds is 3. The zero-order valence-corrected chi connectivity index (χ0v) is 15.3. The summed E-state index contributed by atoms with van der Waals surface area (Å²) in [6.07, 6.45) is 7.57. The van der Waals surface area contributed by atoms with Crippen LogP contribution in [0.15, 0.2) is 9.95 Å². The van der Waals surface area contributed by atoms with Crippen LogP contribution in [-0.4, -0.2) is 28.5 Å². The first kappa shape index (κ1) is 15.7. The summed E-state index contributed by atoms with van der Waals surface area (Å²) in [6, 6.07) is 0. The molecule has 0 amide bonds. The lowest BCUT2D eigenvalue weighted by Crippen LogP contribution is -2.29. The average molecular weight is 351 g/mol. The fraction of sp³-hybridized carbons (Fsp3) is 0.647. The Morgan fingerprint density at radius 1 is 1.43 bits per heavy atom. The van der Waals surface area contributed by atoms with Crippen LogP contribution in [0.25, 0.3) is 10.2 Å². The van der Waals surface area contributed by atoms with E-state index >= 15 is 0 Å². The summed E-state index contributed by atoms with van der Waals surface area (Å²) in [5.74, 6) is 0.713. The summed E-state index contributed by atoms with van der Waals surface area (Å²) in [6.45, 7) is 3.75. The maximum atomic E-state index is 13.2. The van der Waals surface area contributed by atoms with E-state index in [0.717, 1.165) is 47.7 Å². The van der Waals surface area contributed by atoms with Crippen molar-refractivity contribution >= 4 is 33.3 Å². The largest absolute Gasteiger partial charge is 0.376 e. The third-order valence-electron chi connectivity index (χ3n) is 4.97. The summed E-state index contributed by atoms with van der Waals surface area (Å²) in [7, 11) is 0. The number of hydrogen-bond acceptors (Lipinski definition) is 5. The summed E-state index contributed by atoms with van der Waals surface area (Å²) < 4.78 is 7.59. The normalized spacial score (nSPS) is 24.3. The number of thiophene rings is 1. The molecular weight excluding hydrogens is 328 g/mol. The second kappa shape index (κ2) is 6.22. The van der Waals surface area contributed by atoms with Crippen molar-refractivity contribution in [3.8, 4) is 0 Å². The van der Waals surface area contributed by atoms with Gasteiger partial charge in [-0.25, -0.2) is 4.98 Å². The van der Waals surface area contributed by atoms with Gasteiger partial charge in [-0.05, 0) is 49.8 Å². The molecule has 124 valence electrons. The van der Waals surface area contributed by atoms with Gasteiger partial charge in [-0.3, -0.25) is 9.36 Å². The van der Waals surface area contributed by atoms with Crippen LogP contribution in [0.3, 0.4) is 0 Å². The summed E-state index contributed by atoms with van der Waals surface area (Å²) >= 11 is 3.29. The van der Waals surface area contributed by atoms with Crippen molar-refractivity contribution in [2.45, 2.75) is 56.8 Å². The Morgan fingerprint density at radius 3 is 3.04 bits per heavy atom. The van der Waals surface area contributed by atoms with Crippen LogP contribution < -0.4 is 5.56 Å². The minimum Gasteiger partial charge on any atom is -0.376 e. The summed E-state index contributed by atoms with van der Waals surface area (Å²) in [5, 5.41) is 1.71. The first-order chi connectivity index (χ1) is 11.2. The highest BCUT2D eigenvalue weighted by molar-refractivity contribution is 7.98. The molecule has 2 atom stereocenters. The molecule has 2 aromatic rings. The van der Waals surface area contributed by atoms with Gasteiger partial charge in [-0.15, -0.1) is 11.3 Å². The molecule has 0 saturated carbocycles. The average Bonchev–Trinajstić information content (AvgIpc) is 3.16. The molecule has 2 aliphatic rings. The van der Waals surface area contributed by atoms with Gasteiger partial charge in [0.15, 0.2) is 5.16 Å². The van der Waals surface area contributed by atoms with Crippen molar-refractivity contribution in [3.05, 3.63) is 20.8 Å². The van der Waals surface area contributed by atoms with Crippen LogP contribution >= 0.6 is 23.1 Å². The van der Waals surface area contributed by atoms with E-state index in [9.17, 15) is 4.79 Å². The maximum Gasteiger partial charge on any atom is 0.263 e. The van der Waals surface area contributed by atoms with E-state index in [-0.39, 0.29) is 11.7 Å². The van der Waals surface area contributed by atoms with Gasteiger partial charge in [-0.1, -0.05) is 18.7 Å². The third kappa shape index (κ3) is 2.75. The highest BCUT2D eigenvalue weighted by Gasteiger charge is 2.26. The molecule has 0 spiro atoms. The molecule has 3 heterocycles. The number of ether oxygens (including phenoxy) is 1. The lowest BCUT2D eigenvalue weighted by molar-refractivity contribution is 0.0937. The topological polar surface area (TPSA) is 44.1 Å². The van der Waals surface area contributed by atoms with Crippen molar-refractivity contribution in [2.24, 2.45) is 5.92 Å². The molecule has 2 aromatic heterocycles. The molecule has 0 unspecified atom stereocenters. The number of aromatic nitrogens is 2. The minimum atomic E-state index is 0.141. The molecule has 1 aliphatic carbocycles. The molecular formula is C17H22N2O2S2. The zero-order valence-electron chi connectivity index (χ0n) is 13.6. The van der Waals surface area contributed by atoms with Gasteiger partial charge >= 0.3 is 0 Å². The van der Waals surface area contributed by atoms with Crippen LogP contribution in [0.2, 0.25) is 0 Å². The van der Waals surface area contributed by atoms with E-state index in [2.05, 4.69) is 6.92 Å². The van der Waals surface area contributed by atoms with Crippen LogP contribution in [0.5, 0.6) is 0 Å². The Bertz CT molecular complexity index is 790. The molecule has 0 N–H and O–H groups in total. The quantitative estimate of drug-likeness (QED) is 0.628. The standard InChI is InChI=1S/C17H22N2O2S2/c1-10-5-6-12-13(8-10)23-15-14(12)16(20)19(17(18-15)22-2)9-11-4-3-7-21-11/h10-11H,3-9H2,1-2H3/t10-,11-/m0/s1. The molecule has 23 heavy (non-hydrogen) atoms. The highest BCUT2D eigenvalue weighted by Crippen LogP contribution is 2.36. The molecule has 4 nitrogen and oxygen atoms in total. The second-order valence-corrected chi connectivity index (χ2v) is 8.54. The van der Waals surface area contributed by atoms with E-state index in [0.29, 0.717) is 12.5 Å². The lowest BCUT2D eigenvalue weighted by atomic mass is 9.89. The van der Waals surface area contributed by atoms with E-state index in [1.165, 1.54) is 16.9 Å². The molecule has 6 heteroatoms. The fourth-order valence-corrected chi connectivity index (χ4v) is 5.70. The van der Waals surface area contributed by atoms with E-state index in [4.69, 9.17) is 9.72 Å². The number of thioether (sulfide) groups is 1. The van der Waals surface area contributed by atoms with E-state index in [1.54, 1.807) is 23.1 Å². The first-order valence-corrected chi connectivity index (χ1v) is 10.4. The smallest absolute Gasteiger partial charge is 0.263 e. The predicted octanol–water partition coefficient (Wildman–Crippen LogP) is 3.48. The van der Waals surface area contributed by atoms with Crippen LogP contribution in [0.1, 0.15) is 36.6 Å². The van der Waals surface area contributed by atoms with Crippen molar-refractivity contribution in [1.29, 1.82) is 0 Å². The van der Waals surface area contributed by atoms with Gasteiger partial charge in [0.2, 0.25) is 0 Å². The SMILES string of the molecule is CSc1nc2sc3c(c2c(=O)n1C[C@@H]1CCCO1)CC[C@H](C)C3. The molecule has 0 aromatic carbocycles. The molecule has 1 saturated heterocycles. The van der Waals surface area contributed by atoms with Crippen molar-refractivity contribution in [3.63, 3.8) is 0 Å². The van der Waals surface area contributed by atoms with Gasteiger partial charge in [0, 0.05) is 11.5 Å². The first-order valence-electron chi connectivity index (χ1n) is 8.38. The fourth-order valence-electron chi connectivity index (χ4n) is 3.71. The van der Waals surface area contributed by atoms with Crippen molar-refractivity contribution < 1.29 is 4.74 Å². The van der Waals surface area contributed by atoms with E-state index < -0.39 is 0 Å². The van der Waals surface area contributed by atoms with Gasteiger partial charge in [-0.2, -0.15) is 0 Å². The number of hydrogen-bond donors (Lipinski definition) is 0. The molecule has 1 aliphatic heterocycles. The second-order valence-electron chi connectivity index (χ2n) is 6.68. The van der Waals surface area contributed by atoms with Crippen LogP contribution in [-0.2, 0) is 24.1 Å². The van der Waals surface area contributed by atoms with Crippen molar-refractivity contribution in [1.82, 2.24) is 9.55 Å². The summed E-state index contributed by atoms with van der Waals surface area (Å²) in [4.78, 5) is 20.3. The predicted molar refractivity (Wildman–Crippen MR) is 95.8 cm³/mol. The Balaban J connectivity index is 1.85.